The first-order chi connectivity index (χ1) is 11.6. The number of rotatable bonds is 7. The van der Waals surface area contributed by atoms with Gasteiger partial charge in [0.05, 0.1) is 13.1 Å². The predicted molar refractivity (Wildman–Crippen MR) is 115 cm³/mol. The van der Waals surface area contributed by atoms with Gasteiger partial charge in [-0.2, -0.15) is 0 Å². The quantitative estimate of drug-likeness (QED) is 0.347. The van der Waals surface area contributed by atoms with Gasteiger partial charge in [-0.15, -0.1) is 35.6 Å². The van der Waals surface area contributed by atoms with Crippen LogP contribution < -0.4 is 0 Å². The minimum absolute atomic E-state index is 0. The minimum atomic E-state index is 0. The van der Waals surface area contributed by atoms with E-state index in [1.54, 1.807) is 48.8 Å². The van der Waals surface area contributed by atoms with Gasteiger partial charge in [-0.25, -0.2) is 0 Å². The molecule has 0 saturated heterocycles. The molecular weight excluding hydrogens is 474 g/mol. The molecule has 0 aliphatic heterocycles. The number of hydrogen-bond donors (Lipinski definition) is 2. The van der Waals surface area contributed by atoms with Crippen LogP contribution >= 0.6 is 35.6 Å². The molecule has 0 aliphatic rings. The Morgan fingerprint density at radius 1 is 0.750 bits per heavy atom. The van der Waals surface area contributed by atoms with Gasteiger partial charge < -0.3 is 21.2 Å². The van der Waals surface area contributed by atoms with Gasteiger partial charge in [0.15, 0.2) is 0 Å². The van der Waals surface area contributed by atoms with E-state index in [1.165, 1.54) is 0 Å². The van der Waals surface area contributed by atoms with Gasteiger partial charge in [0.25, 0.3) is 0 Å². The van der Waals surface area contributed by atoms with Crippen molar-refractivity contribution in [2.45, 2.75) is 11.8 Å². The number of phenolic OH excluding ortho intramolecular Hbond substituents is 2. The van der Waals surface area contributed by atoms with E-state index in [-0.39, 0.29) is 51.6 Å². The third-order valence-electron chi connectivity index (χ3n) is 3.31. The second-order valence-corrected chi connectivity index (χ2v) is 5.66. The molecule has 0 spiro atoms. The number of benzene rings is 2. The molecule has 10 heteroatoms. The molecule has 28 heavy (non-hydrogen) atoms. The Balaban J connectivity index is -0.00000156. The summed E-state index contributed by atoms with van der Waals surface area (Å²) < 4.78 is 0. The summed E-state index contributed by atoms with van der Waals surface area (Å²) in [5, 5.41) is 19.5. The standard InChI is InChI=1S/C18H18Cl2N2O2.ClH.Co.2H2O/c19-9-13-1-3-17(23)15(7-13)11-21-5-6-22-12-16-8-14(10-20)2-4-18(16)24;;;;/h1-4,7-8,11-12,23-24H,5-6,9-10H2;1H;;2*1H2. The third-order valence-corrected chi connectivity index (χ3v) is 3.93. The molecule has 2 rings (SSSR count). The van der Waals surface area contributed by atoms with Crippen molar-refractivity contribution in [3.8, 4) is 11.5 Å². The van der Waals surface area contributed by atoms with E-state index in [1.807, 2.05) is 0 Å². The Hall–Kier alpha value is -1.32. The first-order valence-corrected chi connectivity index (χ1v) is 8.46. The fourth-order valence-corrected chi connectivity index (χ4v) is 2.35. The molecule has 6 N–H and O–H groups in total. The average molecular weight is 497 g/mol. The van der Waals surface area contributed by atoms with E-state index in [0.29, 0.717) is 36.0 Å². The average Bonchev–Trinajstić information content (AvgIpc) is 2.60. The van der Waals surface area contributed by atoms with E-state index in [2.05, 4.69) is 9.98 Å². The summed E-state index contributed by atoms with van der Waals surface area (Å²) in [5.74, 6) is 1.10. The number of hydrogen-bond acceptors (Lipinski definition) is 4. The molecule has 0 amide bonds. The molecule has 0 bridgehead atoms. The summed E-state index contributed by atoms with van der Waals surface area (Å²) in [6.45, 7) is 0.938. The Morgan fingerprint density at radius 3 is 1.43 bits per heavy atom. The number of halogens is 3. The van der Waals surface area contributed by atoms with Crippen molar-refractivity contribution in [1.82, 2.24) is 0 Å². The smallest absolute Gasteiger partial charge is 0.124 e. The summed E-state index contributed by atoms with van der Waals surface area (Å²) in [6.07, 6.45) is 3.21. The molecule has 6 nitrogen and oxygen atoms in total. The van der Waals surface area contributed by atoms with Gasteiger partial charge in [-0.3, -0.25) is 9.98 Å². The van der Waals surface area contributed by atoms with Crippen molar-refractivity contribution in [2.75, 3.05) is 13.1 Å². The molecule has 2 aromatic carbocycles. The van der Waals surface area contributed by atoms with E-state index in [4.69, 9.17) is 23.2 Å². The molecule has 0 aliphatic carbocycles. The summed E-state index contributed by atoms with van der Waals surface area (Å²) in [6, 6.07) is 10.3. The number of aliphatic imine (C=N–C) groups is 2. The minimum Gasteiger partial charge on any atom is -0.507 e. The van der Waals surface area contributed by atoms with E-state index >= 15 is 0 Å². The van der Waals surface area contributed by atoms with Crippen LogP contribution in [0.15, 0.2) is 46.4 Å². The maximum Gasteiger partial charge on any atom is 0.124 e. The summed E-state index contributed by atoms with van der Waals surface area (Å²) in [5.41, 5.74) is 3.10. The van der Waals surface area contributed by atoms with Crippen LogP contribution in [0.5, 0.6) is 11.5 Å². The normalized spacial score (nSPS) is 9.93. The van der Waals surface area contributed by atoms with Crippen molar-refractivity contribution in [2.24, 2.45) is 9.98 Å². The number of phenols is 2. The molecule has 0 aromatic heterocycles. The number of nitrogens with zero attached hydrogens (tertiary/aromatic N) is 2. The summed E-state index contributed by atoms with van der Waals surface area (Å²) in [7, 11) is 0. The second kappa shape index (κ2) is 16.6. The zero-order chi connectivity index (χ0) is 17.4. The van der Waals surface area contributed by atoms with Crippen LogP contribution in [0.25, 0.3) is 0 Å². The van der Waals surface area contributed by atoms with E-state index in [0.717, 1.165) is 11.1 Å². The Bertz CT molecular complexity index is 698. The molecular formula is C18H23Cl3CoN2O4. The molecule has 1 radical (unpaired) electrons. The Kier molecular flexibility index (Phi) is 18.6. The van der Waals surface area contributed by atoms with Crippen molar-refractivity contribution in [3.63, 3.8) is 0 Å². The molecule has 2 aromatic rings. The summed E-state index contributed by atoms with van der Waals surface area (Å²) in [4.78, 5) is 8.48. The molecule has 159 valence electrons. The van der Waals surface area contributed by atoms with Gasteiger partial charge in [-0.05, 0) is 35.4 Å². The van der Waals surface area contributed by atoms with Crippen LogP contribution in [-0.2, 0) is 28.5 Å². The zero-order valence-electron chi connectivity index (χ0n) is 14.7. The molecule has 0 saturated carbocycles. The van der Waals surface area contributed by atoms with Crippen LogP contribution in [0.4, 0.5) is 0 Å². The number of alkyl halides is 2. The Labute approximate surface area is 190 Å². The zero-order valence-corrected chi connectivity index (χ0v) is 18.1. The van der Waals surface area contributed by atoms with Crippen molar-refractivity contribution in [3.05, 3.63) is 58.7 Å². The van der Waals surface area contributed by atoms with Gasteiger partial charge in [0, 0.05) is 52.1 Å². The van der Waals surface area contributed by atoms with Gasteiger partial charge >= 0.3 is 0 Å². The van der Waals surface area contributed by atoms with Gasteiger partial charge in [0.1, 0.15) is 11.5 Å². The second-order valence-electron chi connectivity index (χ2n) is 5.12. The van der Waals surface area contributed by atoms with E-state index in [9.17, 15) is 10.2 Å². The SMILES string of the molecule is Cl.O.O.Oc1ccc(CCl)cc1C=NCCN=Cc1cc(CCl)ccc1O.[Co]. The van der Waals surface area contributed by atoms with Crippen LogP contribution in [-0.4, -0.2) is 46.7 Å². The first-order valence-electron chi connectivity index (χ1n) is 7.39. The topological polar surface area (TPSA) is 128 Å². The van der Waals surface area contributed by atoms with Crippen LogP contribution in [0.2, 0.25) is 0 Å². The largest absolute Gasteiger partial charge is 0.507 e. The van der Waals surface area contributed by atoms with Gasteiger partial charge in [0.2, 0.25) is 0 Å². The van der Waals surface area contributed by atoms with Crippen molar-refractivity contribution in [1.29, 1.82) is 0 Å². The van der Waals surface area contributed by atoms with Gasteiger partial charge in [-0.1, -0.05) is 12.1 Å². The fourth-order valence-electron chi connectivity index (χ4n) is 2.02. The fraction of sp³-hybridized carbons (Fsp3) is 0.222. The van der Waals surface area contributed by atoms with Crippen LogP contribution in [0, 0.1) is 0 Å². The monoisotopic (exact) mass is 495 g/mol. The van der Waals surface area contributed by atoms with E-state index < -0.39 is 0 Å². The summed E-state index contributed by atoms with van der Waals surface area (Å²) >= 11 is 11.5. The number of aromatic hydroxyl groups is 2. The maximum absolute atomic E-state index is 9.76. The third kappa shape index (κ3) is 9.74. The maximum atomic E-state index is 9.76. The molecule has 0 unspecified atom stereocenters. The van der Waals surface area contributed by atoms with Crippen molar-refractivity contribution < 1.29 is 37.9 Å². The van der Waals surface area contributed by atoms with Crippen LogP contribution in [0.1, 0.15) is 22.3 Å². The predicted octanol–water partition coefficient (Wildman–Crippen LogP) is 2.88. The molecule has 0 fully saturated rings. The first kappa shape index (κ1) is 31.4. The Morgan fingerprint density at radius 2 is 1.11 bits per heavy atom. The molecule has 0 atom stereocenters. The van der Waals surface area contributed by atoms with Crippen molar-refractivity contribution >= 4 is 48.0 Å². The molecule has 0 heterocycles. The van der Waals surface area contributed by atoms with Crippen LogP contribution in [0.3, 0.4) is 0 Å².